The topological polar surface area (TPSA) is 69.6 Å². The highest BCUT2D eigenvalue weighted by Gasteiger charge is 2.33. The van der Waals surface area contributed by atoms with E-state index in [2.05, 4.69) is 5.32 Å². The highest BCUT2D eigenvalue weighted by molar-refractivity contribution is 5.95. The number of hydrogen-bond donors (Lipinski definition) is 2. The van der Waals surface area contributed by atoms with E-state index in [9.17, 15) is 9.59 Å². The second-order valence-corrected chi connectivity index (χ2v) is 5.43. The van der Waals surface area contributed by atoms with Crippen molar-refractivity contribution in [2.75, 3.05) is 18.0 Å². The van der Waals surface area contributed by atoms with Crippen LogP contribution >= 0.6 is 0 Å². The van der Waals surface area contributed by atoms with Gasteiger partial charge < -0.3 is 10.4 Å². The molecule has 5 nitrogen and oxygen atoms in total. The quantitative estimate of drug-likeness (QED) is 0.837. The van der Waals surface area contributed by atoms with E-state index >= 15 is 0 Å². The highest BCUT2D eigenvalue weighted by Crippen LogP contribution is 2.37. The minimum absolute atomic E-state index is 0.0365. The minimum Gasteiger partial charge on any atom is -0.481 e. The summed E-state index contributed by atoms with van der Waals surface area (Å²) in [5.41, 5.74) is 2.87. The Morgan fingerprint density at radius 2 is 2.10 bits per heavy atom. The van der Waals surface area contributed by atoms with Crippen LogP contribution in [-0.4, -0.2) is 30.2 Å². The van der Waals surface area contributed by atoms with Gasteiger partial charge in [0.1, 0.15) is 0 Å². The van der Waals surface area contributed by atoms with Crippen molar-refractivity contribution in [2.24, 2.45) is 0 Å². The number of amides is 2. The van der Waals surface area contributed by atoms with Crippen molar-refractivity contribution in [3.05, 3.63) is 41.5 Å². The van der Waals surface area contributed by atoms with Crippen LogP contribution in [0, 0.1) is 0 Å². The molecular formula is C16H20N2O3. The molecule has 1 aromatic carbocycles. The molecule has 2 rings (SSSR count). The lowest BCUT2D eigenvalue weighted by Crippen LogP contribution is -2.39. The third kappa shape index (κ3) is 3.62. The summed E-state index contributed by atoms with van der Waals surface area (Å²) in [6.07, 6.45) is 1.98. The van der Waals surface area contributed by atoms with Crippen LogP contribution in [0.5, 0.6) is 0 Å². The Kier molecular flexibility index (Phi) is 4.62. The molecule has 0 aromatic heterocycles. The number of hydrogen-bond acceptors (Lipinski definition) is 2. The van der Waals surface area contributed by atoms with Crippen molar-refractivity contribution in [2.45, 2.75) is 26.2 Å². The van der Waals surface area contributed by atoms with E-state index in [1.165, 1.54) is 0 Å². The van der Waals surface area contributed by atoms with Gasteiger partial charge in [-0.15, -0.1) is 0 Å². The number of carboxylic acid groups (broad SMARTS) is 1. The van der Waals surface area contributed by atoms with E-state index in [-0.39, 0.29) is 18.4 Å². The van der Waals surface area contributed by atoms with E-state index in [1.54, 1.807) is 4.90 Å². The summed E-state index contributed by atoms with van der Waals surface area (Å²) in [5.74, 6) is -0.991. The SMILES string of the molecule is CC(C)=CCNC(=O)N1CC(CC(=O)O)c2ccccc21. The lowest BCUT2D eigenvalue weighted by Gasteiger charge is -2.18. The first-order valence-corrected chi connectivity index (χ1v) is 6.98. The molecule has 1 aliphatic heterocycles. The van der Waals surface area contributed by atoms with Gasteiger partial charge in [-0.1, -0.05) is 29.8 Å². The Hall–Kier alpha value is -2.30. The van der Waals surface area contributed by atoms with Gasteiger partial charge in [0.05, 0.1) is 6.42 Å². The average Bonchev–Trinajstić information content (AvgIpc) is 2.77. The van der Waals surface area contributed by atoms with E-state index in [0.717, 1.165) is 16.8 Å². The highest BCUT2D eigenvalue weighted by atomic mass is 16.4. The van der Waals surface area contributed by atoms with Gasteiger partial charge >= 0.3 is 12.0 Å². The van der Waals surface area contributed by atoms with Gasteiger partial charge in [0.2, 0.25) is 0 Å². The summed E-state index contributed by atoms with van der Waals surface area (Å²) >= 11 is 0. The number of nitrogens with zero attached hydrogens (tertiary/aromatic N) is 1. The van der Waals surface area contributed by atoms with Crippen LogP contribution in [0.3, 0.4) is 0 Å². The molecule has 2 amide bonds. The average molecular weight is 288 g/mol. The van der Waals surface area contributed by atoms with Crippen LogP contribution in [-0.2, 0) is 4.79 Å². The van der Waals surface area contributed by atoms with Crippen LogP contribution in [0.2, 0.25) is 0 Å². The number of carboxylic acids is 1. The Labute approximate surface area is 124 Å². The number of fused-ring (bicyclic) bond motifs is 1. The molecule has 1 unspecified atom stereocenters. The first-order valence-electron chi connectivity index (χ1n) is 6.98. The number of anilines is 1. The third-order valence-electron chi connectivity index (χ3n) is 3.50. The van der Waals surface area contributed by atoms with Gasteiger partial charge in [-0.2, -0.15) is 0 Å². The summed E-state index contributed by atoms with van der Waals surface area (Å²) < 4.78 is 0. The number of urea groups is 1. The Morgan fingerprint density at radius 1 is 1.38 bits per heavy atom. The summed E-state index contributed by atoms with van der Waals surface area (Å²) in [6.45, 7) is 4.83. The standard InChI is InChI=1S/C16H20N2O3/c1-11(2)7-8-17-16(21)18-10-12(9-15(19)20)13-5-3-4-6-14(13)18/h3-7,12H,8-10H2,1-2H3,(H,17,21)(H,19,20). The maximum absolute atomic E-state index is 12.3. The van der Waals surface area contributed by atoms with Gasteiger partial charge in [0.15, 0.2) is 0 Å². The number of para-hydroxylation sites is 1. The van der Waals surface area contributed by atoms with Crippen LogP contribution in [0.25, 0.3) is 0 Å². The molecule has 21 heavy (non-hydrogen) atoms. The van der Waals surface area contributed by atoms with Crippen LogP contribution in [0.1, 0.15) is 31.7 Å². The van der Waals surface area contributed by atoms with Gasteiger partial charge in [-0.05, 0) is 25.5 Å². The van der Waals surface area contributed by atoms with E-state index in [0.29, 0.717) is 13.1 Å². The summed E-state index contributed by atoms with van der Waals surface area (Å²) in [6, 6.07) is 7.30. The molecule has 0 saturated heterocycles. The van der Waals surface area contributed by atoms with Gasteiger partial charge in [-0.25, -0.2) is 4.79 Å². The molecule has 0 bridgehead atoms. The van der Waals surface area contributed by atoms with Crippen molar-refractivity contribution >= 4 is 17.7 Å². The lowest BCUT2D eigenvalue weighted by molar-refractivity contribution is -0.137. The Bertz CT molecular complexity index is 577. The summed E-state index contributed by atoms with van der Waals surface area (Å²) in [5, 5.41) is 11.8. The molecule has 0 radical (unpaired) electrons. The second kappa shape index (κ2) is 6.43. The molecule has 5 heteroatoms. The number of carbonyl (C=O) groups is 2. The molecule has 0 aliphatic carbocycles. The molecule has 2 N–H and O–H groups in total. The Morgan fingerprint density at radius 3 is 2.76 bits per heavy atom. The number of allylic oxidation sites excluding steroid dienone is 1. The largest absolute Gasteiger partial charge is 0.481 e. The normalized spacial score (nSPS) is 16.3. The molecule has 0 spiro atoms. The number of benzene rings is 1. The third-order valence-corrected chi connectivity index (χ3v) is 3.50. The maximum Gasteiger partial charge on any atom is 0.322 e. The van der Waals surface area contributed by atoms with Crippen molar-refractivity contribution in [1.29, 1.82) is 0 Å². The van der Waals surface area contributed by atoms with Crippen LogP contribution in [0.4, 0.5) is 10.5 Å². The Balaban J connectivity index is 2.13. The molecule has 1 aromatic rings. The first-order chi connectivity index (χ1) is 9.99. The zero-order valence-electron chi connectivity index (χ0n) is 12.3. The molecule has 0 saturated carbocycles. The minimum atomic E-state index is -0.846. The fourth-order valence-corrected chi connectivity index (χ4v) is 2.51. The van der Waals surface area contributed by atoms with Crippen molar-refractivity contribution < 1.29 is 14.7 Å². The van der Waals surface area contributed by atoms with Gasteiger partial charge in [-0.3, -0.25) is 9.69 Å². The maximum atomic E-state index is 12.3. The van der Waals surface area contributed by atoms with Crippen molar-refractivity contribution in [3.8, 4) is 0 Å². The van der Waals surface area contributed by atoms with Crippen LogP contribution < -0.4 is 10.2 Å². The van der Waals surface area contributed by atoms with E-state index in [1.807, 2.05) is 44.2 Å². The fourth-order valence-electron chi connectivity index (χ4n) is 2.51. The molecule has 1 heterocycles. The number of rotatable bonds is 4. The smallest absolute Gasteiger partial charge is 0.322 e. The van der Waals surface area contributed by atoms with Crippen molar-refractivity contribution in [1.82, 2.24) is 5.32 Å². The van der Waals surface area contributed by atoms with Gasteiger partial charge in [0, 0.05) is 24.7 Å². The summed E-state index contributed by atoms with van der Waals surface area (Å²) in [4.78, 5) is 24.8. The lowest BCUT2D eigenvalue weighted by atomic mass is 9.98. The van der Waals surface area contributed by atoms with E-state index in [4.69, 9.17) is 5.11 Å². The number of aliphatic carboxylic acids is 1. The molecule has 1 atom stereocenters. The zero-order valence-corrected chi connectivity index (χ0v) is 12.3. The van der Waals surface area contributed by atoms with Gasteiger partial charge in [0.25, 0.3) is 0 Å². The van der Waals surface area contributed by atoms with Crippen molar-refractivity contribution in [3.63, 3.8) is 0 Å². The molecule has 112 valence electrons. The fraction of sp³-hybridized carbons (Fsp3) is 0.375. The first kappa shape index (κ1) is 15.1. The molecule has 1 aliphatic rings. The molecular weight excluding hydrogens is 268 g/mol. The van der Waals surface area contributed by atoms with E-state index < -0.39 is 5.97 Å². The van der Waals surface area contributed by atoms with Crippen LogP contribution in [0.15, 0.2) is 35.9 Å². The molecule has 0 fully saturated rings. The summed E-state index contributed by atoms with van der Waals surface area (Å²) in [7, 11) is 0. The predicted molar refractivity (Wildman–Crippen MR) is 81.6 cm³/mol. The second-order valence-electron chi connectivity index (χ2n) is 5.43. The number of nitrogens with one attached hydrogen (secondary N) is 1. The zero-order chi connectivity index (χ0) is 15.4. The number of carbonyl (C=O) groups excluding carboxylic acids is 1. The monoisotopic (exact) mass is 288 g/mol. The predicted octanol–water partition coefficient (Wildman–Crippen LogP) is 2.74.